The first kappa shape index (κ1) is 14.7. The van der Waals surface area contributed by atoms with Crippen LogP contribution in [-0.2, 0) is 16.7 Å². The average molecular weight is 275 g/mol. The predicted molar refractivity (Wildman–Crippen MR) is 76.5 cm³/mol. The van der Waals surface area contributed by atoms with Gasteiger partial charge in [-0.2, -0.15) is 4.98 Å². The zero-order valence-electron chi connectivity index (χ0n) is 12.2. The number of ether oxygens (including phenoxy) is 1. The maximum atomic E-state index is 5.29. The number of nitrogens with zero attached hydrogens (tertiary/aromatic N) is 2. The first-order valence-corrected chi connectivity index (χ1v) is 6.73. The van der Waals surface area contributed by atoms with E-state index in [1.807, 2.05) is 18.2 Å². The summed E-state index contributed by atoms with van der Waals surface area (Å²) in [5, 5.41) is 7.29. The number of methoxy groups -OCH3 is 1. The normalized spacial score (nSPS) is 11.8. The summed E-state index contributed by atoms with van der Waals surface area (Å²) in [5.41, 5.74) is 0.898. The maximum absolute atomic E-state index is 5.29. The van der Waals surface area contributed by atoms with E-state index in [1.54, 1.807) is 7.11 Å². The van der Waals surface area contributed by atoms with E-state index in [4.69, 9.17) is 9.26 Å². The molecule has 108 valence electrons. The molecule has 1 aromatic carbocycles. The molecule has 20 heavy (non-hydrogen) atoms. The molecule has 0 radical (unpaired) electrons. The number of hydrogen-bond donors (Lipinski definition) is 1. The zero-order chi connectivity index (χ0) is 14.4. The van der Waals surface area contributed by atoms with E-state index in [1.165, 1.54) is 5.56 Å². The lowest BCUT2D eigenvalue weighted by atomic mass is 9.84. The molecule has 0 spiro atoms. The van der Waals surface area contributed by atoms with Gasteiger partial charge in [0.15, 0.2) is 5.82 Å². The minimum absolute atomic E-state index is 0.268. The summed E-state index contributed by atoms with van der Waals surface area (Å²) in [4.78, 5) is 4.47. The third-order valence-electron chi connectivity index (χ3n) is 3.28. The van der Waals surface area contributed by atoms with Crippen LogP contribution in [0, 0.1) is 0 Å². The highest BCUT2D eigenvalue weighted by Gasteiger charge is 2.28. The molecule has 0 bridgehead atoms. The van der Waals surface area contributed by atoms with Gasteiger partial charge < -0.3 is 14.6 Å². The minimum Gasteiger partial charge on any atom is -0.383 e. The van der Waals surface area contributed by atoms with E-state index < -0.39 is 0 Å². The molecule has 2 rings (SSSR count). The van der Waals surface area contributed by atoms with E-state index >= 15 is 0 Å². The van der Waals surface area contributed by atoms with Crippen LogP contribution in [0.25, 0.3) is 0 Å². The van der Waals surface area contributed by atoms with Gasteiger partial charge in [0.2, 0.25) is 5.89 Å². The third-order valence-corrected chi connectivity index (χ3v) is 3.28. The van der Waals surface area contributed by atoms with Gasteiger partial charge in [-0.05, 0) is 19.4 Å². The lowest BCUT2D eigenvalue weighted by molar-refractivity contribution is 0.197. The Balaban J connectivity index is 2.04. The van der Waals surface area contributed by atoms with Crippen molar-refractivity contribution < 1.29 is 9.26 Å². The molecule has 0 saturated carbocycles. The molecule has 1 N–H and O–H groups in total. The molecule has 0 aliphatic heterocycles. The summed E-state index contributed by atoms with van der Waals surface area (Å²) < 4.78 is 10.3. The summed E-state index contributed by atoms with van der Waals surface area (Å²) in [7, 11) is 1.68. The summed E-state index contributed by atoms with van der Waals surface area (Å²) in [6.45, 7) is 6.17. The largest absolute Gasteiger partial charge is 0.383 e. The Labute approximate surface area is 119 Å². The lowest BCUT2D eigenvalue weighted by Crippen LogP contribution is -2.21. The quantitative estimate of drug-likeness (QED) is 0.784. The molecule has 0 aliphatic carbocycles. The standard InChI is InChI=1S/C15H21N3O2/c1-15(2,12-7-5-4-6-8-12)14-17-13(20-18-14)11-16-9-10-19-3/h4-8,16H,9-11H2,1-3H3. The fraction of sp³-hybridized carbons (Fsp3) is 0.467. The second kappa shape index (κ2) is 6.63. The molecule has 5 nitrogen and oxygen atoms in total. The first-order valence-electron chi connectivity index (χ1n) is 6.73. The van der Waals surface area contributed by atoms with Crippen LogP contribution in [0.1, 0.15) is 31.1 Å². The monoisotopic (exact) mass is 275 g/mol. The number of rotatable bonds is 7. The molecule has 2 aromatic rings. The predicted octanol–water partition coefficient (Wildman–Crippen LogP) is 2.13. The Morgan fingerprint density at radius 2 is 2.00 bits per heavy atom. The van der Waals surface area contributed by atoms with Crippen molar-refractivity contribution in [3.05, 3.63) is 47.6 Å². The van der Waals surface area contributed by atoms with E-state index in [0.717, 1.165) is 6.54 Å². The highest BCUT2D eigenvalue weighted by molar-refractivity contribution is 5.30. The van der Waals surface area contributed by atoms with Crippen molar-refractivity contribution in [2.45, 2.75) is 25.8 Å². The second-order valence-electron chi connectivity index (χ2n) is 5.17. The Bertz CT molecular complexity index is 523. The molecule has 1 heterocycles. The Kier molecular flexibility index (Phi) is 4.87. The van der Waals surface area contributed by atoms with Crippen molar-refractivity contribution in [2.24, 2.45) is 0 Å². The zero-order valence-corrected chi connectivity index (χ0v) is 12.2. The van der Waals surface area contributed by atoms with Crippen molar-refractivity contribution in [3.8, 4) is 0 Å². The Morgan fingerprint density at radius 3 is 2.70 bits per heavy atom. The molecule has 0 amide bonds. The van der Waals surface area contributed by atoms with Crippen LogP contribution in [0.3, 0.4) is 0 Å². The highest BCUT2D eigenvalue weighted by atomic mass is 16.5. The van der Waals surface area contributed by atoms with Crippen LogP contribution in [0.2, 0.25) is 0 Å². The van der Waals surface area contributed by atoms with Gasteiger partial charge in [-0.3, -0.25) is 0 Å². The SMILES string of the molecule is COCCNCc1nc(C(C)(C)c2ccccc2)no1. The fourth-order valence-electron chi connectivity index (χ4n) is 1.93. The second-order valence-corrected chi connectivity index (χ2v) is 5.17. The first-order chi connectivity index (χ1) is 9.64. The van der Waals surface area contributed by atoms with Crippen molar-refractivity contribution in [1.29, 1.82) is 0 Å². The summed E-state index contributed by atoms with van der Waals surface area (Å²) >= 11 is 0. The van der Waals surface area contributed by atoms with Crippen molar-refractivity contribution in [1.82, 2.24) is 15.5 Å². The molecule has 0 unspecified atom stereocenters. The summed E-state index contributed by atoms with van der Waals surface area (Å²) in [6, 6.07) is 10.2. The molecular weight excluding hydrogens is 254 g/mol. The molecule has 0 fully saturated rings. The Morgan fingerprint density at radius 1 is 1.25 bits per heavy atom. The number of aromatic nitrogens is 2. The van der Waals surface area contributed by atoms with Crippen LogP contribution in [0.4, 0.5) is 0 Å². The van der Waals surface area contributed by atoms with Crippen LogP contribution in [-0.4, -0.2) is 30.4 Å². The maximum Gasteiger partial charge on any atom is 0.240 e. The van der Waals surface area contributed by atoms with Crippen LogP contribution in [0.15, 0.2) is 34.9 Å². The lowest BCUT2D eigenvalue weighted by Gasteiger charge is -2.20. The van der Waals surface area contributed by atoms with Gasteiger partial charge >= 0.3 is 0 Å². The van der Waals surface area contributed by atoms with Gasteiger partial charge in [-0.15, -0.1) is 0 Å². The smallest absolute Gasteiger partial charge is 0.240 e. The summed E-state index contributed by atoms with van der Waals surface area (Å²) in [5.74, 6) is 1.30. The molecule has 0 atom stereocenters. The topological polar surface area (TPSA) is 60.2 Å². The molecular formula is C15H21N3O2. The Hall–Kier alpha value is -1.72. The highest BCUT2D eigenvalue weighted by Crippen LogP contribution is 2.28. The van der Waals surface area contributed by atoms with E-state index in [2.05, 4.69) is 41.4 Å². The van der Waals surface area contributed by atoms with E-state index in [0.29, 0.717) is 24.9 Å². The number of hydrogen-bond acceptors (Lipinski definition) is 5. The average Bonchev–Trinajstić information content (AvgIpc) is 2.94. The van der Waals surface area contributed by atoms with Crippen molar-refractivity contribution >= 4 is 0 Å². The van der Waals surface area contributed by atoms with Crippen LogP contribution in [0.5, 0.6) is 0 Å². The van der Waals surface area contributed by atoms with Crippen LogP contribution >= 0.6 is 0 Å². The van der Waals surface area contributed by atoms with Gasteiger partial charge in [0.1, 0.15) is 0 Å². The molecule has 5 heteroatoms. The third kappa shape index (κ3) is 3.43. The molecule has 0 saturated heterocycles. The van der Waals surface area contributed by atoms with Gasteiger partial charge in [0.25, 0.3) is 0 Å². The van der Waals surface area contributed by atoms with Gasteiger partial charge in [0, 0.05) is 13.7 Å². The van der Waals surface area contributed by atoms with Gasteiger partial charge in [-0.1, -0.05) is 35.5 Å². The minimum atomic E-state index is -0.268. The number of nitrogens with one attached hydrogen (secondary N) is 1. The van der Waals surface area contributed by atoms with Crippen molar-refractivity contribution in [2.75, 3.05) is 20.3 Å². The van der Waals surface area contributed by atoms with E-state index in [9.17, 15) is 0 Å². The number of benzene rings is 1. The van der Waals surface area contributed by atoms with Crippen molar-refractivity contribution in [3.63, 3.8) is 0 Å². The van der Waals surface area contributed by atoms with Crippen LogP contribution < -0.4 is 5.32 Å². The van der Waals surface area contributed by atoms with Gasteiger partial charge in [0.05, 0.1) is 18.6 Å². The molecule has 1 aromatic heterocycles. The van der Waals surface area contributed by atoms with E-state index in [-0.39, 0.29) is 5.41 Å². The van der Waals surface area contributed by atoms with Gasteiger partial charge in [-0.25, -0.2) is 0 Å². The molecule has 0 aliphatic rings. The fourth-order valence-corrected chi connectivity index (χ4v) is 1.93. The summed E-state index contributed by atoms with van der Waals surface area (Å²) in [6.07, 6.45) is 0.